The van der Waals surface area contributed by atoms with Gasteiger partial charge in [-0.2, -0.15) is 4.98 Å². The van der Waals surface area contributed by atoms with Gasteiger partial charge in [0.2, 0.25) is 5.95 Å². The number of aliphatic hydroxyl groups excluding tert-OH is 1. The summed E-state index contributed by atoms with van der Waals surface area (Å²) >= 11 is 0. The predicted molar refractivity (Wildman–Crippen MR) is 89.9 cm³/mol. The molecule has 2 heterocycles. The maximum atomic E-state index is 11.6. The molecule has 132 valence electrons. The van der Waals surface area contributed by atoms with Crippen molar-refractivity contribution in [2.75, 3.05) is 23.8 Å². The summed E-state index contributed by atoms with van der Waals surface area (Å²) in [6.07, 6.45) is 6.51. The first-order valence-electron chi connectivity index (χ1n) is 8.57. The highest BCUT2D eigenvalue weighted by molar-refractivity contribution is 5.97. The second-order valence-corrected chi connectivity index (χ2v) is 6.53. The quantitative estimate of drug-likeness (QED) is 0.630. The second kappa shape index (κ2) is 7.76. The van der Waals surface area contributed by atoms with Crippen LogP contribution in [0.15, 0.2) is 6.20 Å². The average Bonchev–Trinajstić information content (AvgIpc) is 2.58. The molecular weight excluding hydrogens is 310 g/mol. The molecule has 1 saturated heterocycles. The number of amides is 1. The number of hydrogen-bond donors (Lipinski definition) is 4. The van der Waals surface area contributed by atoms with Crippen LogP contribution in [-0.2, 0) is 4.74 Å². The lowest BCUT2D eigenvalue weighted by Crippen LogP contribution is -2.32. The lowest BCUT2D eigenvalue weighted by atomic mass is 9.93. The van der Waals surface area contributed by atoms with Crippen molar-refractivity contribution >= 4 is 17.7 Å². The molecule has 1 amide bonds. The molecule has 0 spiro atoms. The van der Waals surface area contributed by atoms with Crippen molar-refractivity contribution in [3.05, 3.63) is 11.8 Å². The van der Waals surface area contributed by atoms with Gasteiger partial charge in [0.05, 0.1) is 24.3 Å². The first kappa shape index (κ1) is 16.9. The molecule has 2 fully saturated rings. The van der Waals surface area contributed by atoms with Crippen LogP contribution in [0.2, 0.25) is 0 Å². The predicted octanol–water partition coefficient (Wildman–Crippen LogP) is 0.882. The molecule has 1 atom stereocenters. The van der Waals surface area contributed by atoms with E-state index in [2.05, 4.69) is 20.6 Å². The fourth-order valence-electron chi connectivity index (χ4n) is 3.19. The summed E-state index contributed by atoms with van der Waals surface area (Å²) in [7, 11) is 0. The molecule has 8 heteroatoms. The number of nitrogens with two attached hydrogens (primary N) is 1. The summed E-state index contributed by atoms with van der Waals surface area (Å²) in [5.74, 6) is 0.369. The number of ether oxygens (including phenoxy) is 1. The van der Waals surface area contributed by atoms with Crippen LogP contribution < -0.4 is 16.4 Å². The Kier molecular flexibility index (Phi) is 5.47. The Morgan fingerprint density at radius 1 is 1.21 bits per heavy atom. The number of nitrogens with one attached hydrogen (secondary N) is 2. The summed E-state index contributed by atoms with van der Waals surface area (Å²) in [5, 5.41) is 16.1. The van der Waals surface area contributed by atoms with Gasteiger partial charge >= 0.3 is 0 Å². The second-order valence-electron chi connectivity index (χ2n) is 6.53. The van der Waals surface area contributed by atoms with Crippen molar-refractivity contribution in [1.82, 2.24) is 9.97 Å². The standard InChI is InChI=1S/C16H25N5O3/c17-14(23)13-8-18-16(20-10-3-5-12(22)6-4-10)21-15(13)19-11-2-1-7-24-9-11/h8,10-12,22H,1-7,9H2,(H2,17,23)(H2,18,19,20,21)/t10-,11-,12-/m1/s1. The van der Waals surface area contributed by atoms with Crippen LogP contribution in [0.4, 0.5) is 11.8 Å². The lowest BCUT2D eigenvalue weighted by Gasteiger charge is -2.27. The first-order chi connectivity index (χ1) is 11.6. The third-order valence-electron chi connectivity index (χ3n) is 4.59. The SMILES string of the molecule is NC(=O)c1cnc(N[C@H]2CC[C@H](O)CC2)nc1N[C@@H]1CCCOC1. The summed E-state index contributed by atoms with van der Waals surface area (Å²) in [4.78, 5) is 20.3. The van der Waals surface area contributed by atoms with Gasteiger partial charge in [-0.15, -0.1) is 0 Å². The van der Waals surface area contributed by atoms with Gasteiger partial charge in [-0.05, 0) is 38.5 Å². The van der Waals surface area contributed by atoms with Crippen LogP contribution in [0.1, 0.15) is 48.9 Å². The van der Waals surface area contributed by atoms with Gasteiger partial charge in [0.1, 0.15) is 5.82 Å². The van der Waals surface area contributed by atoms with Gasteiger partial charge in [-0.1, -0.05) is 0 Å². The molecule has 1 saturated carbocycles. The molecule has 0 unspecified atom stereocenters. The van der Waals surface area contributed by atoms with E-state index in [1.165, 1.54) is 6.20 Å². The van der Waals surface area contributed by atoms with E-state index in [1.54, 1.807) is 0 Å². The van der Waals surface area contributed by atoms with E-state index >= 15 is 0 Å². The van der Waals surface area contributed by atoms with E-state index in [0.29, 0.717) is 18.4 Å². The number of nitrogens with zero attached hydrogens (tertiary/aromatic N) is 2. The topological polar surface area (TPSA) is 122 Å². The normalized spacial score (nSPS) is 27.5. The van der Waals surface area contributed by atoms with Crippen LogP contribution in [-0.4, -0.2) is 52.4 Å². The Balaban J connectivity index is 1.71. The van der Waals surface area contributed by atoms with Gasteiger partial charge in [-0.25, -0.2) is 4.98 Å². The zero-order valence-corrected chi connectivity index (χ0v) is 13.7. The fraction of sp³-hybridized carbons (Fsp3) is 0.688. The monoisotopic (exact) mass is 335 g/mol. The summed E-state index contributed by atoms with van der Waals surface area (Å²) < 4.78 is 5.46. The highest BCUT2D eigenvalue weighted by Crippen LogP contribution is 2.23. The minimum absolute atomic E-state index is 0.115. The van der Waals surface area contributed by atoms with E-state index in [4.69, 9.17) is 10.5 Å². The zero-order chi connectivity index (χ0) is 16.9. The smallest absolute Gasteiger partial charge is 0.254 e. The highest BCUT2D eigenvalue weighted by Gasteiger charge is 2.22. The zero-order valence-electron chi connectivity index (χ0n) is 13.7. The Hall–Kier alpha value is -1.93. The van der Waals surface area contributed by atoms with E-state index in [0.717, 1.165) is 45.1 Å². The van der Waals surface area contributed by atoms with E-state index in [9.17, 15) is 9.90 Å². The number of anilines is 2. The molecular formula is C16H25N5O3. The molecule has 0 radical (unpaired) electrons. The van der Waals surface area contributed by atoms with E-state index in [1.807, 2.05) is 0 Å². The van der Waals surface area contributed by atoms with Crippen LogP contribution >= 0.6 is 0 Å². The van der Waals surface area contributed by atoms with E-state index < -0.39 is 5.91 Å². The fourth-order valence-corrected chi connectivity index (χ4v) is 3.19. The third kappa shape index (κ3) is 4.33. The van der Waals surface area contributed by atoms with Crippen LogP contribution in [0, 0.1) is 0 Å². The molecule has 24 heavy (non-hydrogen) atoms. The maximum absolute atomic E-state index is 11.6. The van der Waals surface area contributed by atoms with Crippen molar-refractivity contribution in [3.8, 4) is 0 Å². The van der Waals surface area contributed by atoms with Crippen molar-refractivity contribution < 1.29 is 14.6 Å². The number of carbonyl (C=O) groups excluding carboxylic acids is 1. The Bertz CT molecular complexity index is 569. The van der Waals surface area contributed by atoms with Gasteiger partial charge in [0.15, 0.2) is 0 Å². The summed E-state index contributed by atoms with van der Waals surface area (Å²) in [6, 6.07) is 0.350. The number of primary amides is 1. The number of aromatic nitrogens is 2. The molecule has 0 bridgehead atoms. The molecule has 2 aliphatic rings. The summed E-state index contributed by atoms with van der Waals surface area (Å²) in [5.41, 5.74) is 5.71. The Morgan fingerprint density at radius 2 is 2.00 bits per heavy atom. The molecule has 0 aromatic carbocycles. The van der Waals surface area contributed by atoms with Crippen molar-refractivity contribution in [2.45, 2.75) is 56.7 Å². The molecule has 1 aromatic heterocycles. The summed E-state index contributed by atoms with van der Waals surface area (Å²) in [6.45, 7) is 1.36. The Morgan fingerprint density at radius 3 is 2.67 bits per heavy atom. The van der Waals surface area contributed by atoms with Gasteiger partial charge in [0.25, 0.3) is 5.91 Å². The number of hydrogen-bond acceptors (Lipinski definition) is 7. The molecule has 3 rings (SSSR count). The first-order valence-corrected chi connectivity index (χ1v) is 8.57. The number of rotatable bonds is 5. The number of carbonyl (C=O) groups is 1. The van der Waals surface area contributed by atoms with Gasteiger partial charge < -0.3 is 26.2 Å². The maximum Gasteiger partial charge on any atom is 0.254 e. The molecule has 1 aliphatic carbocycles. The lowest BCUT2D eigenvalue weighted by molar-refractivity contribution is 0.0873. The highest BCUT2D eigenvalue weighted by atomic mass is 16.5. The van der Waals surface area contributed by atoms with Gasteiger partial charge in [-0.3, -0.25) is 4.79 Å². The minimum atomic E-state index is -0.554. The largest absolute Gasteiger partial charge is 0.393 e. The van der Waals surface area contributed by atoms with Crippen molar-refractivity contribution in [3.63, 3.8) is 0 Å². The van der Waals surface area contributed by atoms with Gasteiger partial charge in [0, 0.05) is 18.8 Å². The molecule has 1 aromatic rings. The molecule has 8 nitrogen and oxygen atoms in total. The van der Waals surface area contributed by atoms with Crippen LogP contribution in [0.5, 0.6) is 0 Å². The van der Waals surface area contributed by atoms with Crippen LogP contribution in [0.25, 0.3) is 0 Å². The third-order valence-corrected chi connectivity index (χ3v) is 4.59. The van der Waals surface area contributed by atoms with Crippen molar-refractivity contribution in [1.29, 1.82) is 0 Å². The van der Waals surface area contributed by atoms with E-state index in [-0.39, 0.29) is 23.8 Å². The number of aliphatic hydroxyl groups is 1. The van der Waals surface area contributed by atoms with Crippen LogP contribution in [0.3, 0.4) is 0 Å². The average molecular weight is 335 g/mol. The molecule has 1 aliphatic heterocycles. The van der Waals surface area contributed by atoms with Crippen molar-refractivity contribution in [2.24, 2.45) is 5.73 Å². The minimum Gasteiger partial charge on any atom is -0.393 e. The Labute approximate surface area is 141 Å². The molecule has 5 N–H and O–H groups in total.